The van der Waals surface area contributed by atoms with Crippen LogP contribution < -0.4 is 0 Å². The number of hydrogen-bond donors (Lipinski definition) is 1. The molecular formula is C11H12ClN3O4. The van der Waals surface area contributed by atoms with Gasteiger partial charge in [0.2, 0.25) is 0 Å². The van der Waals surface area contributed by atoms with E-state index in [9.17, 15) is 20.0 Å². The van der Waals surface area contributed by atoms with E-state index in [0.717, 1.165) is 12.3 Å². The molecule has 0 bridgehead atoms. The number of nitro groups is 1. The number of piperidine rings is 1. The van der Waals surface area contributed by atoms with Crippen LogP contribution in [-0.2, 0) is 0 Å². The molecule has 1 fully saturated rings. The predicted octanol–water partition coefficient (Wildman–Crippen LogP) is 1.24. The van der Waals surface area contributed by atoms with E-state index in [2.05, 4.69) is 4.98 Å². The van der Waals surface area contributed by atoms with Crippen molar-refractivity contribution in [1.29, 1.82) is 0 Å². The van der Waals surface area contributed by atoms with Crippen molar-refractivity contribution in [1.82, 2.24) is 9.88 Å². The second-order valence-corrected chi connectivity index (χ2v) is 4.69. The average Bonchev–Trinajstić information content (AvgIpc) is 2.38. The first-order chi connectivity index (χ1) is 8.99. The van der Waals surface area contributed by atoms with Gasteiger partial charge in [0.1, 0.15) is 11.3 Å². The first-order valence-electron chi connectivity index (χ1n) is 5.76. The lowest BCUT2D eigenvalue weighted by Crippen LogP contribution is -2.42. The van der Waals surface area contributed by atoms with Crippen molar-refractivity contribution in [3.05, 3.63) is 33.1 Å². The Morgan fingerprint density at radius 3 is 3.00 bits per heavy atom. The van der Waals surface area contributed by atoms with Gasteiger partial charge in [0.15, 0.2) is 0 Å². The standard InChI is InChI=1S/C11H12ClN3O4/c12-10-9(4-7(5-13-10)15(18)19)11(17)14-3-1-2-8(16)6-14/h4-5,8,16H,1-3,6H2. The van der Waals surface area contributed by atoms with Crippen LogP contribution in [-0.4, -0.2) is 45.0 Å². The molecule has 19 heavy (non-hydrogen) atoms. The van der Waals surface area contributed by atoms with Crippen LogP contribution in [0.2, 0.25) is 5.15 Å². The van der Waals surface area contributed by atoms with E-state index < -0.39 is 16.9 Å². The van der Waals surface area contributed by atoms with Crippen LogP contribution in [0.4, 0.5) is 5.69 Å². The van der Waals surface area contributed by atoms with Gasteiger partial charge in [0, 0.05) is 19.2 Å². The third-order valence-corrected chi connectivity index (χ3v) is 3.25. The molecule has 102 valence electrons. The van der Waals surface area contributed by atoms with Crippen molar-refractivity contribution in [2.75, 3.05) is 13.1 Å². The maximum Gasteiger partial charge on any atom is 0.288 e. The minimum absolute atomic E-state index is 0.00929. The number of rotatable bonds is 2. The summed E-state index contributed by atoms with van der Waals surface area (Å²) in [5.41, 5.74) is -0.296. The summed E-state index contributed by atoms with van der Waals surface area (Å²) in [5, 5.41) is 20.1. The lowest BCUT2D eigenvalue weighted by Gasteiger charge is -2.30. The Kier molecular flexibility index (Phi) is 3.96. The molecule has 2 rings (SSSR count). The number of β-amino-alcohol motifs (C(OH)–C–C–N with tert-alkyl or cyclic N) is 1. The second-order valence-electron chi connectivity index (χ2n) is 4.34. The molecule has 7 nitrogen and oxygen atoms in total. The number of pyridine rings is 1. The minimum atomic E-state index is -0.634. The zero-order valence-electron chi connectivity index (χ0n) is 9.95. The predicted molar refractivity (Wildman–Crippen MR) is 67.0 cm³/mol. The molecule has 1 aromatic rings. The molecule has 0 radical (unpaired) electrons. The van der Waals surface area contributed by atoms with Gasteiger partial charge in [0.25, 0.3) is 11.6 Å². The summed E-state index contributed by atoms with van der Waals surface area (Å²) in [6.07, 6.45) is 1.77. The summed E-state index contributed by atoms with van der Waals surface area (Å²) in [6, 6.07) is 1.11. The molecule has 1 amide bonds. The van der Waals surface area contributed by atoms with Gasteiger partial charge in [-0.3, -0.25) is 14.9 Å². The third kappa shape index (κ3) is 2.99. The normalized spacial score (nSPS) is 19.3. The number of nitrogens with zero attached hydrogens (tertiary/aromatic N) is 3. The Balaban J connectivity index is 2.27. The highest BCUT2D eigenvalue weighted by Gasteiger charge is 2.26. The van der Waals surface area contributed by atoms with Crippen LogP contribution in [0.1, 0.15) is 23.2 Å². The molecule has 0 aromatic carbocycles. The number of carbonyl (C=O) groups excluding carboxylic acids is 1. The van der Waals surface area contributed by atoms with E-state index in [-0.39, 0.29) is 22.9 Å². The van der Waals surface area contributed by atoms with Crippen LogP contribution in [0.25, 0.3) is 0 Å². The zero-order chi connectivity index (χ0) is 14.0. The number of hydrogen-bond acceptors (Lipinski definition) is 5. The topological polar surface area (TPSA) is 96.6 Å². The lowest BCUT2D eigenvalue weighted by atomic mass is 10.1. The Morgan fingerprint density at radius 1 is 1.63 bits per heavy atom. The number of likely N-dealkylation sites (tertiary alicyclic amines) is 1. The first-order valence-corrected chi connectivity index (χ1v) is 6.14. The van der Waals surface area contributed by atoms with E-state index >= 15 is 0 Å². The Bertz CT molecular complexity index is 523. The molecule has 1 aliphatic rings. The highest BCUT2D eigenvalue weighted by Crippen LogP contribution is 2.22. The van der Waals surface area contributed by atoms with Crippen LogP contribution >= 0.6 is 11.6 Å². The van der Waals surface area contributed by atoms with Gasteiger partial charge in [-0.1, -0.05) is 11.6 Å². The number of aliphatic hydroxyl groups is 1. The third-order valence-electron chi connectivity index (χ3n) is 2.95. The van der Waals surface area contributed by atoms with Gasteiger partial charge < -0.3 is 10.0 Å². The zero-order valence-corrected chi connectivity index (χ0v) is 10.7. The fourth-order valence-corrected chi connectivity index (χ4v) is 2.18. The largest absolute Gasteiger partial charge is 0.391 e. The smallest absolute Gasteiger partial charge is 0.288 e. The summed E-state index contributed by atoms with van der Waals surface area (Å²) in [4.78, 5) is 27.3. The number of halogens is 1. The summed E-state index contributed by atoms with van der Waals surface area (Å²) >= 11 is 5.81. The van der Waals surface area contributed by atoms with E-state index in [0.29, 0.717) is 19.4 Å². The Labute approximate surface area is 114 Å². The van der Waals surface area contributed by atoms with Crippen molar-refractivity contribution < 1.29 is 14.8 Å². The minimum Gasteiger partial charge on any atom is -0.391 e. The highest BCUT2D eigenvalue weighted by molar-refractivity contribution is 6.32. The molecule has 8 heteroatoms. The quantitative estimate of drug-likeness (QED) is 0.501. The SMILES string of the molecule is O=C(c1cc([N+](=O)[O-])cnc1Cl)N1CCCC(O)C1. The molecular weight excluding hydrogens is 274 g/mol. The monoisotopic (exact) mass is 285 g/mol. The van der Waals surface area contributed by atoms with E-state index in [1.54, 1.807) is 0 Å². The van der Waals surface area contributed by atoms with Crippen molar-refractivity contribution in [3.63, 3.8) is 0 Å². The molecule has 0 aliphatic carbocycles. The molecule has 1 aromatic heterocycles. The van der Waals surface area contributed by atoms with Crippen LogP contribution in [0.5, 0.6) is 0 Å². The second kappa shape index (κ2) is 5.50. The maximum absolute atomic E-state index is 12.2. The number of aromatic nitrogens is 1. The van der Waals surface area contributed by atoms with Gasteiger partial charge in [-0.05, 0) is 12.8 Å². The Hall–Kier alpha value is -1.73. The Morgan fingerprint density at radius 2 is 2.37 bits per heavy atom. The van der Waals surface area contributed by atoms with Gasteiger partial charge in [-0.25, -0.2) is 4.98 Å². The number of aliphatic hydroxyl groups excluding tert-OH is 1. The lowest BCUT2D eigenvalue weighted by molar-refractivity contribution is -0.385. The number of amides is 1. The van der Waals surface area contributed by atoms with E-state index in [1.807, 2.05) is 0 Å². The van der Waals surface area contributed by atoms with Gasteiger partial charge >= 0.3 is 0 Å². The molecule has 2 heterocycles. The molecule has 0 saturated carbocycles. The summed E-state index contributed by atoms with van der Waals surface area (Å²) in [6.45, 7) is 0.701. The first kappa shape index (κ1) is 13.7. The summed E-state index contributed by atoms with van der Waals surface area (Å²) in [7, 11) is 0. The summed E-state index contributed by atoms with van der Waals surface area (Å²) < 4.78 is 0. The van der Waals surface area contributed by atoms with Crippen LogP contribution in [0.15, 0.2) is 12.3 Å². The molecule has 1 atom stereocenters. The molecule has 1 saturated heterocycles. The maximum atomic E-state index is 12.2. The van der Waals surface area contributed by atoms with Crippen LogP contribution in [0.3, 0.4) is 0 Å². The van der Waals surface area contributed by atoms with Crippen LogP contribution in [0, 0.1) is 10.1 Å². The fraction of sp³-hybridized carbons (Fsp3) is 0.455. The van der Waals surface area contributed by atoms with Crippen molar-refractivity contribution >= 4 is 23.2 Å². The van der Waals surface area contributed by atoms with Crippen molar-refractivity contribution in [2.24, 2.45) is 0 Å². The molecule has 1 N–H and O–H groups in total. The van der Waals surface area contributed by atoms with Gasteiger partial charge in [-0.2, -0.15) is 0 Å². The molecule has 1 aliphatic heterocycles. The van der Waals surface area contributed by atoms with E-state index in [1.165, 1.54) is 4.90 Å². The van der Waals surface area contributed by atoms with Crippen molar-refractivity contribution in [2.45, 2.75) is 18.9 Å². The highest BCUT2D eigenvalue weighted by atomic mass is 35.5. The number of carbonyl (C=O) groups is 1. The average molecular weight is 286 g/mol. The summed E-state index contributed by atoms with van der Waals surface area (Å²) in [5.74, 6) is -0.444. The van der Waals surface area contributed by atoms with Gasteiger partial charge in [-0.15, -0.1) is 0 Å². The fourth-order valence-electron chi connectivity index (χ4n) is 2.00. The molecule has 0 spiro atoms. The van der Waals surface area contributed by atoms with Crippen molar-refractivity contribution in [3.8, 4) is 0 Å². The van der Waals surface area contributed by atoms with Gasteiger partial charge in [0.05, 0.1) is 16.6 Å². The van der Waals surface area contributed by atoms with E-state index in [4.69, 9.17) is 11.6 Å². The molecule has 1 unspecified atom stereocenters.